The van der Waals surface area contributed by atoms with Crippen LogP contribution in [0.5, 0.6) is 5.75 Å². The molecule has 0 amide bonds. The minimum absolute atomic E-state index is 0.101. The maximum atomic E-state index is 13.6. The number of nitrogens with zero attached hydrogens (tertiary/aromatic N) is 2. The van der Waals surface area contributed by atoms with E-state index in [1.807, 2.05) is 30.3 Å². The maximum absolute atomic E-state index is 13.6. The molecule has 11 heteroatoms. The molecule has 7 nitrogen and oxygen atoms in total. The Hall–Kier alpha value is -4.96. The van der Waals surface area contributed by atoms with Crippen molar-refractivity contribution in [3.8, 4) is 28.7 Å². The average molecular weight is 565 g/mol. The van der Waals surface area contributed by atoms with Crippen molar-refractivity contribution in [2.75, 3.05) is 0 Å². The fourth-order valence-electron chi connectivity index (χ4n) is 3.79. The molecular formula is C29H16ClF3N2O5. The van der Waals surface area contributed by atoms with Crippen molar-refractivity contribution < 1.29 is 26.7 Å². The Morgan fingerprint density at radius 1 is 0.700 bits per heavy atom. The van der Waals surface area contributed by atoms with Crippen LogP contribution in [0.25, 0.3) is 44.7 Å². The third kappa shape index (κ3) is 5.71. The van der Waals surface area contributed by atoms with Crippen LogP contribution >= 0.6 is 11.6 Å². The molecule has 0 atom stereocenters. The van der Waals surface area contributed by atoms with Crippen LogP contribution in [0.1, 0.15) is 0 Å². The number of fused-ring (bicyclic) bond motifs is 2. The molecule has 0 N–H and O–H groups in total. The summed E-state index contributed by atoms with van der Waals surface area (Å²) < 4.78 is 52.5. The summed E-state index contributed by atoms with van der Waals surface area (Å²) in [7, 11) is 0. The summed E-state index contributed by atoms with van der Waals surface area (Å²) in [5.74, 6) is -0.644. The normalized spacial score (nSPS) is 10.9. The highest BCUT2D eigenvalue weighted by Gasteiger charge is 2.14. The molecular weight excluding hydrogens is 549 g/mol. The summed E-state index contributed by atoms with van der Waals surface area (Å²) in [6.07, 6.45) is 0. The number of ether oxygens (including phenoxy) is 1. The summed E-state index contributed by atoms with van der Waals surface area (Å²) in [5, 5.41) is 0.415. The summed E-state index contributed by atoms with van der Waals surface area (Å²) in [5.41, 5.74) is 0.324. The van der Waals surface area contributed by atoms with Crippen LogP contribution in [0.2, 0.25) is 5.02 Å². The maximum Gasteiger partial charge on any atom is 0.387 e. The highest BCUT2D eigenvalue weighted by molar-refractivity contribution is 6.35. The molecule has 2 aromatic heterocycles. The largest absolute Gasteiger partial charge is 0.435 e. The predicted octanol–water partition coefficient (Wildman–Crippen LogP) is 7.10. The molecule has 4 aromatic carbocycles. The van der Waals surface area contributed by atoms with Crippen LogP contribution in [-0.2, 0) is 0 Å². The Balaban J connectivity index is 0.000000164. The Kier molecular flexibility index (Phi) is 7.61. The van der Waals surface area contributed by atoms with Crippen molar-refractivity contribution in [2.45, 2.75) is 6.61 Å². The zero-order valence-electron chi connectivity index (χ0n) is 20.2. The molecule has 0 unspecified atom stereocenters. The topological polar surface area (TPSA) is 95.4 Å². The SMILES string of the molecule is O=c1oc(-c2cccc(OC(F)F)c2)nc2cccc(F)c12.O=c1oc(-c2ccccc2)nc2cccc(Cl)c12. The van der Waals surface area contributed by atoms with Gasteiger partial charge in [0.05, 0.1) is 16.1 Å². The highest BCUT2D eigenvalue weighted by atomic mass is 35.5. The van der Waals surface area contributed by atoms with Crippen LogP contribution in [-0.4, -0.2) is 16.6 Å². The van der Waals surface area contributed by atoms with Gasteiger partial charge in [0.15, 0.2) is 0 Å². The van der Waals surface area contributed by atoms with Gasteiger partial charge >= 0.3 is 17.9 Å². The van der Waals surface area contributed by atoms with E-state index in [-0.39, 0.29) is 28.1 Å². The first-order valence-corrected chi connectivity index (χ1v) is 12.0. The Morgan fingerprint density at radius 2 is 1.27 bits per heavy atom. The molecule has 6 rings (SSSR count). The Morgan fingerprint density at radius 3 is 1.98 bits per heavy atom. The van der Waals surface area contributed by atoms with Gasteiger partial charge in [0, 0.05) is 11.1 Å². The van der Waals surface area contributed by atoms with Gasteiger partial charge in [-0.3, -0.25) is 0 Å². The zero-order valence-corrected chi connectivity index (χ0v) is 20.9. The van der Waals surface area contributed by atoms with E-state index in [4.69, 9.17) is 20.4 Å². The van der Waals surface area contributed by atoms with E-state index >= 15 is 0 Å². The molecule has 0 saturated carbocycles. The lowest BCUT2D eigenvalue weighted by Gasteiger charge is -2.06. The molecule has 0 aliphatic heterocycles. The Labute approximate surface area is 228 Å². The molecule has 0 saturated heterocycles. The van der Waals surface area contributed by atoms with Gasteiger partial charge in [0.25, 0.3) is 0 Å². The van der Waals surface area contributed by atoms with E-state index in [9.17, 15) is 22.8 Å². The minimum Gasteiger partial charge on any atom is -0.435 e. The fraction of sp³-hybridized carbons (Fsp3) is 0.0345. The van der Waals surface area contributed by atoms with Crippen LogP contribution in [0, 0.1) is 5.82 Å². The van der Waals surface area contributed by atoms with Crippen molar-refractivity contribution >= 4 is 33.4 Å². The monoisotopic (exact) mass is 564 g/mol. The van der Waals surface area contributed by atoms with Crippen molar-refractivity contribution in [2.24, 2.45) is 0 Å². The summed E-state index contributed by atoms with van der Waals surface area (Å²) in [6, 6.07) is 23.9. The van der Waals surface area contributed by atoms with Gasteiger partial charge in [-0.25, -0.2) is 23.9 Å². The number of hydrogen-bond acceptors (Lipinski definition) is 7. The van der Waals surface area contributed by atoms with Crippen LogP contribution in [0.3, 0.4) is 0 Å². The van der Waals surface area contributed by atoms with Gasteiger partial charge in [-0.1, -0.05) is 48.0 Å². The van der Waals surface area contributed by atoms with E-state index in [0.717, 1.165) is 11.6 Å². The molecule has 6 aromatic rings. The van der Waals surface area contributed by atoms with Gasteiger partial charge in [-0.2, -0.15) is 8.78 Å². The van der Waals surface area contributed by atoms with E-state index < -0.39 is 23.7 Å². The Bertz CT molecular complexity index is 1950. The van der Waals surface area contributed by atoms with Gasteiger partial charge < -0.3 is 13.6 Å². The molecule has 40 heavy (non-hydrogen) atoms. The van der Waals surface area contributed by atoms with E-state index in [1.54, 1.807) is 18.2 Å². The molecule has 0 spiro atoms. The van der Waals surface area contributed by atoms with Crippen LogP contribution < -0.4 is 16.0 Å². The molecule has 0 aliphatic rings. The van der Waals surface area contributed by atoms with Gasteiger partial charge in [-0.05, 0) is 54.6 Å². The fourth-order valence-corrected chi connectivity index (χ4v) is 4.04. The molecule has 0 radical (unpaired) electrons. The number of benzene rings is 4. The number of hydrogen-bond donors (Lipinski definition) is 0. The first-order chi connectivity index (χ1) is 19.3. The third-order valence-electron chi connectivity index (χ3n) is 5.54. The van der Waals surface area contributed by atoms with E-state index in [1.165, 1.54) is 36.4 Å². The number of aromatic nitrogens is 2. The first kappa shape index (κ1) is 26.6. The van der Waals surface area contributed by atoms with E-state index in [0.29, 0.717) is 21.8 Å². The predicted molar refractivity (Wildman–Crippen MR) is 143 cm³/mol. The van der Waals surface area contributed by atoms with Crippen LogP contribution in [0.15, 0.2) is 109 Å². The first-order valence-electron chi connectivity index (χ1n) is 11.6. The lowest BCUT2D eigenvalue weighted by molar-refractivity contribution is -0.0498. The van der Waals surface area contributed by atoms with Crippen molar-refractivity contribution in [1.82, 2.24) is 9.97 Å². The molecule has 0 fully saturated rings. The van der Waals surface area contributed by atoms with Crippen molar-refractivity contribution in [3.63, 3.8) is 0 Å². The summed E-state index contributed by atoms with van der Waals surface area (Å²) in [6.45, 7) is -2.97. The van der Waals surface area contributed by atoms with Gasteiger partial charge in [0.1, 0.15) is 22.3 Å². The highest BCUT2D eigenvalue weighted by Crippen LogP contribution is 2.25. The number of alkyl halides is 2. The van der Waals surface area contributed by atoms with Gasteiger partial charge in [0.2, 0.25) is 11.8 Å². The van der Waals surface area contributed by atoms with E-state index in [2.05, 4.69) is 14.7 Å². The summed E-state index contributed by atoms with van der Waals surface area (Å²) in [4.78, 5) is 32.1. The molecule has 0 aliphatic carbocycles. The molecule has 2 heterocycles. The van der Waals surface area contributed by atoms with Gasteiger partial charge in [-0.15, -0.1) is 0 Å². The van der Waals surface area contributed by atoms with Crippen LogP contribution in [0.4, 0.5) is 13.2 Å². The third-order valence-corrected chi connectivity index (χ3v) is 5.86. The zero-order chi connectivity index (χ0) is 28.2. The lowest BCUT2D eigenvalue weighted by Crippen LogP contribution is -2.05. The van der Waals surface area contributed by atoms with Crippen molar-refractivity contribution in [1.29, 1.82) is 0 Å². The second-order valence-electron chi connectivity index (χ2n) is 8.15. The summed E-state index contributed by atoms with van der Waals surface area (Å²) >= 11 is 5.96. The van der Waals surface area contributed by atoms with Crippen molar-refractivity contribution in [3.05, 3.63) is 123 Å². The standard InChI is InChI=1S/C15H8F3NO3.C14H8ClNO2/c16-10-5-2-6-11-12(10)14(20)22-13(19-11)8-3-1-4-9(7-8)21-15(17)18;15-10-7-4-8-11-12(10)14(17)18-13(16-11)9-5-2-1-3-6-9/h1-7,15H;1-8H. The second-order valence-corrected chi connectivity index (χ2v) is 8.56. The second kappa shape index (κ2) is 11.4. The smallest absolute Gasteiger partial charge is 0.387 e. The number of rotatable bonds is 4. The lowest BCUT2D eigenvalue weighted by atomic mass is 10.2. The quantitative estimate of drug-likeness (QED) is 0.225. The molecule has 200 valence electrons. The number of halogens is 4. The average Bonchev–Trinajstić information content (AvgIpc) is 2.93. The molecule has 0 bridgehead atoms. The minimum atomic E-state index is -2.97.